The summed E-state index contributed by atoms with van der Waals surface area (Å²) in [7, 11) is 0. The number of hydrogen-bond donors (Lipinski definition) is 3. The minimum atomic E-state index is -0.231. The van der Waals surface area contributed by atoms with Crippen molar-refractivity contribution >= 4 is 29.1 Å². The molecule has 3 rings (SSSR count). The van der Waals surface area contributed by atoms with E-state index in [4.69, 9.17) is 0 Å². The maximum absolute atomic E-state index is 12.9. The Kier molecular flexibility index (Phi) is 10.3. The molecule has 0 spiro atoms. The fourth-order valence-electron chi connectivity index (χ4n) is 4.00. The summed E-state index contributed by atoms with van der Waals surface area (Å²) in [6.07, 6.45) is 1.81. The molecule has 3 aromatic rings. The van der Waals surface area contributed by atoms with Gasteiger partial charge in [0.1, 0.15) is 0 Å². The lowest BCUT2D eigenvalue weighted by molar-refractivity contribution is -0.114. The molecule has 0 saturated heterocycles. The zero-order valence-electron chi connectivity index (χ0n) is 21.8. The molecule has 0 bridgehead atoms. The summed E-state index contributed by atoms with van der Waals surface area (Å²) in [4.78, 5) is 39.8. The molecule has 0 aliphatic rings. The highest BCUT2D eigenvalue weighted by molar-refractivity contribution is 5.97. The molecule has 0 heterocycles. The van der Waals surface area contributed by atoms with Crippen molar-refractivity contribution in [1.82, 2.24) is 10.2 Å². The molecule has 3 aromatic carbocycles. The van der Waals surface area contributed by atoms with E-state index >= 15 is 0 Å². The van der Waals surface area contributed by atoms with Crippen LogP contribution in [-0.4, -0.2) is 42.3 Å². The van der Waals surface area contributed by atoms with Gasteiger partial charge in [0.2, 0.25) is 5.91 Å². The van der Waals surface area contributed by atoms with Crippen molar-refractivity contribution in [3.63, 3.8) is 0 Å². The predicted molar refractivity (Wildman–Crippen MR) is 149 cm³/mol. The average Bonchev–Trinajstić information content (AvgIpc) is 2.92. The van der Waals surface area contributed by atoms with Gasteiger partial charge in [0.05, 0.1) is 12.6 Å². The number of rotatable bonds is 12. The summed E-state index contributed by atoms with van der Waals surface area (Å²) in [6.45, 7) is 7.54. The van der Waals surface area contributed by atoms with E-state index in [1.807, 2.05) is 54.3 Å². The van der Waals surface area contributed by atoms with Gasteiger partial charge < -0.3 is 20.9 Å². The van der Waals surface area contributed by atoms with Crippen LogP contribution in [0.15, 0.2) is 78.9 Å². The molecule has 37 heavy (non-hydrogen) atoms. The summed E-state index contributed by atoms with van der Waals surface area (Å²) in [5.41, 5.74) is 3.44. The van der Waals surface area contributed by atoms with E-state index in [1.165, 1.54) is 0 Å². The van der Waals surface area contributed by atoms with Crippen molar-refractivity contribution < 1.29 is 14.4 Å². The van der Waals surface area contributed by atoms with Crippen molar-refractivity contribution in [2.24, 2.45) is 0 Å². The second-order valence-corrected chi connectivity index (χ2v) is 8.96. The van der Waals surface area contributed by atoms with Crippen LogP contribution in [0.5, 0.6) is 0 Å². The molecular weight excluding hydrogens is 464 g/mol. The molecule has 0 aromatic heterocycles. The van der Waals surface area contributed by atoms with Crippen molar-refractivity contribution in [3.8, 4) is 0 Å². The molecular formula is C30H36N4O3. The Morgan fingerprint density at radius 1 is 0.784 bits per heavy atom. The number of hydrogen-bond acceptors (Lipinski definition) is 4. The van der Waals surface area contributed by atoms with Crippen LogP contribution in [0.25, 0.3) is 0 Å². The molecule has 0 aliphatic heterocycles. The second-order valence-electron chi connectivity index (χ2n) is 8.96. The van der Waals surface area contributed by atoms with E-state index in [-0.39, 0.29) is 30.3 Å². The van der Waals surface area contributed by atoms with E-state index in [2.05, 4.69) is 29.8 Å². The number of carbonyl (C=O) groups is 3. The Balaban J connectivity index is 1.51. The molecule has 7 nitrogen and oxygen atoms in total. The quantitative estimate of drug-likeness (QED) is 0.307. The Bertz CT molecular complexity index is 1170. The molecule has 194 valence electrons. The van der Waals surface area contributed by atoms with Crippen molar-refractivity contribution in [3.05, 3.63) is 95.6 Å². The van der Waals surface area contributed by atoms with Crippen LogP contribution >= 0.6 is 0 Å². The fourth-order valence-corrected chi connectivity index (χ4v) is 4.00. The second kappa shape index (κ2) is 13.8. The fraction of sp³-hybridized carbons (Fsp3) is 0.300. The highest BCUT2D eigenvalue weighted by Gasteiger charge is 2.15. The standard InChI is InChI=1S/C30H36N4O3/c1-4-18-34(19-5-2)30(37)25-12-9-13-27(20-25)31-21-28(35)33-26-16-14-24(15-17-26)29(36)32-22(3)23-10-7-6-8-11-23/h6-17,20,22,31H,4-5,18-19,21H2,1-3H3,(H,32,36)(H,33,35). The van der Waals surface area contributed by atoms with Crippen LogP contribution in [0.2, 0.25) is 0 Å². The van der Waals surface area contributed by atoms with Crippen LogP contribution in [0.1, 0.15) is 65.9 Å². The normalized spacial score (nSPS) is 11.3. The number of amides is 3. The third kappa shape index (κ3) is 8.20. The lowest BCUT2D eigenvalue weighted by atomic mass is 10.1. The lowest BCUT2D eigenvalue weighted by Gasteiger charge is -2.21. The van der Waals surface area contributed by atoms with Gasteiger partial charge in [-0.15, -0.1) is 0 Å². The highest BCUT2D eigenvalue weighted by atomic mass is 16.2. The molecule has 0 saturated carbocycles. The smallest absolute Gasteiger partial charge is 0.253 e. The van der Waals surface area contributed by atoms with Crippen molar-refractivity contribution in [2.75, 3.05) is 30.3 Å². The Morgan fingerprint density at radius 3 is 2.11 bits per heavy atom. The van der Waals surface area contributed by atoms with E-state index < -0.39 is 0 Å². The van der Waals surface area contributed by atoms with Gasteiger partial charge in [0.15, 0.2) is 0 Å². The number of nitrogens with zero attached hydrogens (tertiary/aromatic N) is 1. The Morgan fingerprint density at radius 2 is 1.46 bits per heavy atom. The maximum Gasteiger partial charge on any atom is 0.253 e. The summed E-state index contributed by atoms with van der Waals surface area (Å²) < 4.78 is 0. The van der Waals surface area contributed by atoms with E-state index in [0.29, 0.717) is 22.5 Å². The van der Waals surface area contributed by atoms with Gasteiger partial charge in [0.25, 0.3) is 11.8 Å². The molecule has 1 atom stereocenters. The predicted octanol–water partition coefficient (Wildman–Crippen LogP) is 5.49. The van der Waals surface area contributed by atoms with Crippen LogP contribution < -0.4 is 16.0 Å². The van der Waals surface area contributed by atoms with Crippen molar-refractivity contribution in [1.29, 1.82) is 0 Å². The number of anilines is 2. The first kappa shape index (κ1) is 27.5. The Labute approximate surface area is 219 Å². The van der Waals surface area contributed by atoms with Gasteiger partial charge in [-0.1, -0.05) is 50.2 Å². The van der Waals surface area contributed by atoms with Gasteiger partial charge >= 0.3 is 0 Å². The minimum absolute atomic E-state index is 0.000842. The van der Waals surface area contributed by atoms with Gasteiger partial charge in [-0.05, 0) is 67.8 Å². The van der Waals surface area contributed by atoms with Crippen molar-refractivity contribution in [2.45, 2.75) is 39.7 Å². The van der Waals surface area contributed by atoms with Crippen LogP contribution in [-0.2, 0) is 4.79 Å². The molecule has 3 amide bonds. The first-order valence-electron chi connectivity index (χ1n) is 12.8. The Hall–Kier alpha value is -4.13. The van der Waals surface area contributed by atoms with E-state index in [9.17, 15) is 14.4 Å². The highest BCUT2D eigenvalue weighted by Crippen LogP contribution is 2.16. The average molecular weight is 501 g/mol. The summed E-state index contributed by atoms with van der Waals surface area (Å²) in [5.74, 6) is -0.411. The van der Waals surface area contributed by atoms with E-state index in [1.54, 1.807) is 36.4 Å². The van der Waals surface area contributed by atoms with E-state index in [0.717, 1.165) is 31.5 Å². The topological polar surface area (TPSA) is 90.5 Å². The number of benzene rings is 3. The zero-order chi connectivity index (χ0) is 26.6. The molecule has 0 radical (unpaired) electrons. The van der Waals surface area contributed by atoms with Crippen LogP contribution in [0, 0.1) is 0 Å². The monoisotopic (exact) mass is 500 g/mol. The van der Waals surface area contributed by atoms with Crippen LogP contribution in [0.3, 0.4) is 0 Å². The largest absolute Gasteiger partial charge is 0.376 e. The lowest BCUT2D eigenvalue weighted by Crippen LogP contribution is -2.32. The number of carbonyl (C=O) groups excluding carboxylic acids is 3. The zero-order valence-corrected chi connectivity index (χ0v) is 21.8. The summed E-state index contributed by atoms with van der Waals surface area (Å²) >= 11 is 0. The van der Waals surface area contributed by atoms with Gasteiger partial charge in [-0.25, -0.2) is 0 Å². The number of nitrogens with one attached hydrogen (secondary N) is 3. The third-order valence-electron chi connectivity index (χ3n) is 5.91. The molecule has 0 aliphatic carbocycles. The first-order chi connectivity index (χ1) is 17.9. The van der Waals surface area contributed by atoms with Gasteiger partial charge in [-0.3, -0.25) is 14.4 Å². The van der Waals surface area contributed by atoms with Crippen LogP contribution in [0.4, 0.5) is 11.4 Å². The SMILES string of the molecule is CCCN(CCC)C(=O)c1cccc(NCC(=O)Nc2ccc(C(=O)NC(C)c3ccccc3)cc2)c1. The molecule has 3 N–H and O–H groups in total. The third-order valence-corrected chi connectivity index (χ3v) is 5.91. The molecule has 0 fully saturated rings. The minimum Gasteiger partial charge on any atom is -0.376 e. The first-order valence-corrected chi connectivity index (χ1v) is 12.8. The molecule has 1 unspecified atom stereocenters. The summed E-state index contributed by atoms with van der Waals surface area (Å²) in [5, 5.41) is 8.89. The molecule has 7 heteroatoms. The van der Waals surface area contributed by atoms with Gasteiger partial charge in [-0.2, -0.15) is 0 Å². The maximum atomic E-state index is 12.9. The summed E-state index contributed by atoms with van der Waals surface area (Å²) in [6, 6.07) is 23.6. The van der Waals surface area contributed by atoms with Gasteiger partial charge in [0, 0.05) is 35.6 Å².